The summed E-state index contributed by atoms with van der Waals surface area (Å²) in [6.07, 6.45) is 9.98. The SMILES string of the molecule is C=CCc1cc(O)c(CC=C)c(C(C=C)C(=O)C(C=C)c2c(O)c(CC=C)cc(O)c2CC=C)c1O. The Kier molecular flexibility index (Phi) is 9.68. The average Bonchev–Trinajstić information content (AvgIpc) is 2.85. The van der Waals surface area contributed by atoms with E-state index < -0.39 is 17.6 Å². The van der Waals surface area contributed by atoms with E-state index >= 15 is 0 Å². The van der Waals surface area contributed by atoms with Crippen LogP contribution in [0.5, 0.6) is 23.0 Å². The van der Waals surface area contributed by atoms with Crippen LogP contribution in [0.3, 0.4) is 0 Å². The molecular weight excluding hydrogens is 452 g/mol. The van der Waals surface area contributed by atoms with Gasteiger partial charge in [-0.3, -0.25) is 4.79 Å². The van der Waals surface area contributed by atoms with Crippen LogP contribution in [0.15, 0.2) is 88.1 Å². The Balaban J connectivity index is 2.84. The number of carbonyl (C=O) groups is 1. The lowest BCUT2D eigenvalue weighted by Crippen LogP contribution is -2.21. The predicted octanol–water partition coefficient (Wildman–Crippen LogP) is 6.23. The summed E-state index contributed by atoms with van der Waals surface area (Å²) in [5.41, 5.74) is 1.90. The number of aromatic hydroxyl groups is 4. The number of allylic oxidation sites excluding steroid dienone is 6. The van der Waals surface area contributed by atoms with Gasteiger partial charge in [0.05, 0.1) is 11.8 Å². The molecule has 188 valence electrons. The van der Waals surface area contributed by atoms with Crippen LogP contribution < -0.4 is 0 Å². The summed E-state index contributed by atoms with van der Waals surface area (Å²) < 4.78 is 0. The first-order valence-electron chi connectivity index (χ1n) is 11.6. The smallest absolute Gasteiger partial charge is 0.155 e. The minimum atomic E-state index is -1.07. The van der Waals surface area contributed by atoms with Crippen molar-refractivity contribution < 1.29 is 25.2 Å². The molecule has 0 saturated carbocycles. The minimum absolute atomic E-state index is 0.0878. The predicted molar refractivity (Wildman–Crippen MR) is 146 cm³/mol. The summed E-state index contributed by atoms with van der Waals surface area (Å²) in [5.74, 6) is -3.06. The number of rotatable bonds is 14. The molecule has 0 heterocycles. The second kappa shape index (κ2) is 12.5. The van der Waals surface area contributed by atoms with Gasteiger partial charge in [0.15, 0.2) is 5.78 Å². The number of carbonyl (C=O) groups excluding carboxylic acids is 1. The monoisotopic (exact) mass is 486 g/mol. The van der Waals surface area contributed by atoms with Gasteiger partial charge in [-0.1, -0.05) is 36.5 Å². The first-order chi connectivity index (χ1) is 17.2. The van der Waals surface area contributed by atoms with Crippen LogP contribution in [0.1, 0.15) is 45.2 Å². The molecule has 5 nitrogen and oxygen atoms in total. The molecule has 0 aliphatic carbocycles. The molecule has 0 bridgehead atoms. The van der Waals surface area contributed by atoms with E-state index in [2.05, 4.69) is 39.5 Å². The van der Waals surface area contributed by atoms with Crippen LogP contribution in [0.2, 0.25) is 0 Å². The molecule has 2 rings (SSSR count). The minimum Gasteiger partial charge on any atom is -0.508 e. The van der Waals surface area contributed by atoms with Crippen LogP contribution in [0.4, 0.5) is 0 Å². The Labute approximate surface area is 213 Å². The number of Topliss-reactive ketones (excluding diaryl/α,β-unsaturated/α-hetero) is 1. The average molecular weight is 487 g/mol. The Morgan fingerprint density at radius 3 is 1.25 bits per heavy atom. The van der Waals surface area contributed by atoms with Crippen molar-refractivity contribution in [3.05, 3.63) is 121 Å². The van der Waals surface area contributed by atoms with Crippen LogP contribution in [0, 0.1) is 0 Å². The van der Waals surface area contributed by atoms with E-state index in [9.17, 15) is 25.2 Å². The maximum atomic E-state index is 14.1. The molecule has 0 spiro atoms. The molecule has 2 atom stereocenters. The van der Waals surface area contributed by atoms with Crippen LogP contribution in [-0.2, 0) is 30.5 Å². The van der Waals surface area contributed by atoms with Gasteiger partial charge in [-0.15, -0.1) is 39.5 Å². The quantitative estimate of drug-likeness (QED) is 0.187. The highest BCUT2D eigenvalue weighted by Crippen LogP contribution is 2.45. The summed E-state index contributed by atoms with van der Waals surface area (Å²) >= 11 is 0. The van der Waals surface area contributed by atoms with Crippen molar-refractivity contribution in [2.24, 2.45) is 0 Å². The summed E-state index contributed by atoms with van der Waals surface area (Å²) in [4.78, 5) is 14.1. The number of hydrogen-bond donors (Lipinski definition) is 4. The van der Waals surface area contributed by atoms with Gasteiger partial charge in [0.1, 0.15) is 23.0 Å². The molecule has 4 N–H and O–H groups in total. The van der Waals surface area contributed by atoms with E-state index in [0.29, 0.717) is 22.3 Å². The number of ketones is 1. The van der Waals surface area contributed by atoms with Gasteiger partial charge in [-0.25, -0.2) is 0 Å². The van der Waals surface area contributed by atoms with E-state index in [1.807, 2.05) is 0 Å². The first-order valence-corrected chi connectivity index (χ1v) is 11.6. The Morgan fingerprint density at radius 2 is 0.972 bits per heavy atom. The number of benzene rings is 2. The zero-order valence-corrected chi connectivity index (χ0v) is 20.5. The molecule has 2 aromatic carbocycles. The largest absolute Gasteiger partial charge is 0.508 e. The van der Waals surface area contributed by atoms with Gasteiger partial charge in [0.2, 0.25) is 0 Å². The highest BCUT2D eigenvalue weighted by atomic mass is 16.3. The molecule has 2 unspecified atom stereocenters. The molecule has 5 heteroatoms. The van der Waals surface area contributed by atoms with E-state index in [1.165, 1.54) is 24.3 Å². The fraction of sp³-hybridized carbons (Fsp3) is 0.194. The summed E-state index contributed by atoms with van der Waals surface area (Å²) in [6, 6.07) is 2.89. The van der Waals surface area contributed by atoms with Gasteiger partial charge in [-0.2, -0.15) is 0 Å². The first kappa shape index (κ1) is 28.0. The van der Waals surface area contributed by atoms with Gasteiger partial charge in [-0.05, 0) is 37.8 Å². The van der Waals surface area contributed by atoms with E-state index in [1.54, 1.807) is 24.3 Å². The van der Waals surface area contributed by atoms with Crippen molar-refractivity contribution in [2.75, 3.05) is 0 Å². The zero-order valence-electron chi connectivity index (χ0n) is 20.5. The van der Waals surface area contributed by atoms with Gasteiger partial charge < -0.3 is 20.4 Å². The number of hydrogen-bond acceptors (Lipinski definition) is 5. The third-order valence-corrected chi connectivity index (χ3v) is 6.14. The third kappa shape index (κ3) is 5.36. The van der Waals surface area contributed by atoms with Gasteiger partial charge >= 0.3 is 0 Å². The third-order valence-electron chi connectivity index (χ3n) is 6.14. The standard InChI is InChI=1S/C31H34O5/c1-7-13-19-17-25(32)23(15-9-3)27(29(19)34)21(11-5)31(36)22(12-6)28-24(16-10-4)26(33)18-20(14-8-2)30(28)35/h7-12,17-18,21-22,32-35H,1-6,13-16H2. The lowest BCUT2D eigenvalue weighted by molar-refractivity contribution is -0.120. The molecule has 0 radical (unpaired) electrons. The summed E-state index contributed by atoms with van der Waals surface area (Å²) in [5, 5.41) is 43.8. The lowest BCUT2D eigenvalue weighted by atomic mass is 9.78. The molecule has 36 heavy (non-hydrogen) atoms. The highest BCUT2D eigenvalue weighted by Gasteiger charge is 2.34. The van der Waals surface area contributed by atoms with Crippen molar-refractivity contribution in [1.82, 2.24) is 0 Å². The second-order valence-corrected chi connectivity index (χ2v) is 8.39. The van der Waals surface area contributed by atoms with Crippen molar-refractivity contribution in [2.45, 2.75) is 37.5 Å². The normalized spacial score (nSPS) is 12.2. The van der Waals surface area contributed by atoms with Crippen molar-refractivity contribution in [3.63, 3.8) is 0 Å². The van der Waals surface area contributed by atoms with Crippen LogP contribution in [-0.4, -0.2) is 26.2 Å². The van der Waals surface area contributed by atoms with Crippen molar-refractivity contribution in [3.8, 4) is 23.0 Å². The molecule has 0 amide bonds. The van der Waals surface area contributed by atoms with Crippen molar-refractivity contribution in [1.29, 1.82) is 0 Å². The fourth-order valence-electron chi connectivity index (χ4n) is 4.50. The Hall–Kier alpha value is -4.25. The highest BCUT2D eigenvalue weighted by molar-refractivity contribution is 5.97. The molecule has 0 fully saturated rings. The maximum Gasteiger partial charge on any atom is 0.155 e. The fourth-order valence-corrected chi connectivity index (χ4v) is 4.50. The topological polar surface area (TPSA) is 98.0 Å². The van der Waals surface area contributed by atoms with Gasteiger partial charge in [0, 0.05) is 33.4 Å². The molecule has 0 aromatic heterocycles. The van der Waals surface area contributed by atoms with E-state index in [4.69, 9.17) is 0 Å². The molecule has 0 aliphatic heterocycles. The maximum absolute atomic E-state index is 14.1. The zero-order chi connectivity index (χ0) is 27.0. The molecule has 2 aromatic rings. The molecule has 0 aliphatic rings. The Morgan fingerprint density at radius 1 is 0.639 bits per heavy atom. The number of phenols is 4. The summed E-state index contributed by atoms with van der Waals surface area (Å²) in [6.45, 7) is 22.5. The van der Waals surface area contributed by atoms with Crippen molar-refractivity contribution >= 4 is 5.78 Å². The van der Waals surface area contributed by atoms with E-state index in [-0.39, 0.29) is 59.8 Å². The van der Waals surface area contributed by atoms with Gasteiger partial charge in [0.25, 0.3) is 0 Å². The lowest BCUT2D eigenvalue weighted by Gasteiger charge is -2.26. The second-order valence-electron chi connectivity index (χ2n) is 8.39. The van der Waals surface area contributed by atoms with E-state index in [0.717, 1.165) is 0 Å². The number of phenolic OH excluding ortho intramolecular Hbond substituents is 4. The molecular formula is C31H34O5. The van der Waals surface area contributed by atoms with Crippen LogP contribution in [0.25, 0.3) is 0 Å². The molecule has 0 saturated heterocycles. The Bertz CT molecular complexity index is 1120. The van der Waals surface area contributed by atoms with Crippen LogP contribution >= 0.6 is 0 Å². The summed E-state index contributed by atoms with van der Waals surface area (Å²) in [7, 11) is 0.